The summed E-state index contributed by atoms with van der Waals surface area (Å²) in [4.78, 5) is 11.2. The van der Waals surface area contributed by atoms with Crippen LogP contribution in [0.2, 0.25) is 0 Å². The summed E-state index contributed by atoms with van der Waals surface area (Å²) in [6.45, 7) is 0. The SMILES string of the molecule is COC(=O)CCc1ccccc1N=Nc1ccccc1. The van der Waals surface area contributed by atoms with Crippen LogP contribution in [0.15, 0.2) is 64.8 Å². The summed E-state index contributed by atoms with van der Waals surface area (Å²) < 4.78 is 4.65. The minimum absolute atomic E-state index is 0.222. The second-order valence-electron chi connectivity index (χ2n) is 4.24. The van der Waals surface area contributed by atoms with Crippen molar-refractivity contribution in [1.29, 1.82) is 0 Å². The molecule has 102 valence electrons. The maximum absolute atomic E-state index is 11.2. The zero-order valence-corrected chi connectivity index (χ0v) is 11.3. The number of aryl methyl sites for hydroxylation is 1. The largest absolute Gasteiger partial charge is 0.469 e. The van der Waals surface area contributed by atoms with Gasteiger partial charge in [0.25, 0.3) is 0 Å². The van der Waals surface area contributed by atoms with Gasteiger partial charge in [-0.05, 0) is 30.2 Å². The number of ether oxygens (including phenoxy) is 1. The first-order valence-corrected chi connectivity index (χ1v) is 6.41. The molecule has 2 aromatic carbocycles. The summed E-state index contributed by atoms with van der Waals surface area (Å²) in [5, 5.41) is 8.45. The van der Waals surface area contributed by atoms with Gasteiger partial charge in [0.2, 0.25) is 0 Å². The molecule has 0 aromatic heterocycles. The van der Waals surface area contributed by atoms with Crippen LogP contribution in [0.5, 0.6) is 0 Å². The summed E-state index contributed by atoms with van der Waals surface area (Å²) in [6.07, 6.45) is 0.936. The number of hydrogen-bond donors (Lipinski definition) is 0. The second-order valence-corrected chi connectivity index (χ2v) is 4.24. The molecular formula is C16H16N2O2. The van der Waals surface area contributed by atoms with Crippen LogP contribution in [0.3, 0.4) is 0 Å². The Morgan fingerprint density at radius 3 is 2.45 bits per heavy atom. The first-order valence-electron chi connectivity index (χ1n) is 6.41. The fourth-order valence-corrected chi connectivity index (χ4v) is 1.76. The third-order valence-corrected chi connectivity index (χ3v) is 2.85. The topological polar surface area (TPSA) is 51.0 Å². The lowest BCUT2D eigenvalue weighted by atomic mass is 10.1. The lowest BCUT2D eigenvalue weighted by molar-refractivity contribution is -0.140. The summed E-state index contributed by atoms with van der Waals surface area (Å²) in [5.41, 5.74) is 2.56. The maximum atomic E-state index is 11.2. The van der Waals surface area contributed by atoms with Crippen molar-refractivity contribution in [1.82, 2.24) is 0 Å². The van der Waals surface area contributed by atoms with E-state index in [1.165, 1.54) is 7.11 Å². The minimum Gasteiger partial charge on any atom is -0.469 e. The van der Waals surface area contributed by atoms with Crippen LogP contribution < -0.4 is 0 Å². The Morgan fingerprint density at radius 2 is 1.70 bits per heavy atom. The van der Waals surface area contributed by atoms with E-state index in [1.807, 2.05) is 54.6 Å². The van der Waals surface area contributed by atoms with Crippen molar-refractivity contribution in [2.24, 2.45) is 10.2 Å². The Bertz CT molecular complexity index is 594. The molecule has 0 saturated heterocycles. The number of azo groups is 1. The molecule has 0 atom stereocenters. The van der Waals surface area contributed by atoms with Crippen LogP contribution in [0, 0.1) is 0 Å². The molecule has 0 N–H and O–H groups in total. The number of rotatable bonds is 5. The number of esters is 1. The molecule has 2 rings (SSSR count). The van der Waals surface area contributed by atoms with E-state index in [-0.39, 0.29) is 5.97 Å². The molecule has 0 spiro atoms. The number of carbonyl (C=O) groups is 1. The highest BCUT2D eigenvalue weighted by Crippen LogP contribution is 2.23. The monoisotopic (exact) mass is 268 g/mol. The van der Waals surface area contributed by atoms with Crippen LogP contribution in [-0.4, -0.2) is 13.1 Å². The molecule has 0 amide bonds. The molecule has 0 heterocycles. The molecule has 0 radical (unpaired) electrons. The van der Waals surface area contributed by atoms with Crippen molar-refractivity contribution < 1.29 is 9.53 Å². The molecule has 0 aliphatic carbocycles. The summed E-state index contributed by atoms with van der Waals surface area (Å²) >= 11 is 0. The van der Waals surface area contributed by atoms with Gasteiger partial charge in [-0.25, -0.2) is 0 Å². The van der Waals surface area contributed by atoms with E-state index in [9.17, 15) is 4.79 Å². The van der Waals surface area contributed by atoms with Gasteiger partial charge < -0.3 is 4.74 Å². The van der Waals surface area contributed by atoms with Gasteiger partial charge in [0.1, 0.15) is 0 Å². The summed E-state index contributed by atoms with van der Waals surface area (Å²) in [6, 6.07) is 17.2. The highest BCUT2D eigenvalue weighted by atomic mass is 16.5. The van der Waals surface area contributed by atoms with E-state index in [0.29, 0.717) is 12.8 Å². The van der Waals surface area contributed by atoms with E-state index in [2.05, 4.69) is 15.0 Å². The first-order chi connectivity index (χ1) is 9.79. The Hall–Kier alpha value is -2.49. The van der Waals surface area contributed by atoms with Crippen molar-refractivity contribution in [3.63, 3.8) is 0 Å². The molecule has 0 aliphatic heterocycles. The van der Waals surface area contributed by atoms with Gasteiger partial charge in [0.05, 0.1) is 18.5 Å². The predicted molar refractivity (Wildman–Crippen MR) is 77.4 cm³/mol. The zero-order chi connectivity index (χ0) is 14.2. The summed E-state index contributed by atoms with van der Waals surface area (Å²) in [7, 11) is 1.39. The third kappa shape index (κ3) is 4.02. The van der Waals surface area contributed by atoms with Gasteiger partial charge in [-0.3, -0.25) is 4.79 Å². The quantitative estimate of drug-likeness (QED) is 0.602. The average molecular weight is 268 g/mol. The lowest BCUT2D eigenvalue weighted by Gasteiger charge is -2.03. The molecule has 0 saturated carbocycles. The van der Waals surface area contributed by atoms with Crippen LogP contribution in [0.1, 0.15) is 12.0 Å². The fourth-order valence-electron chi connectivity index (χ4n) is 1.76. The van der Waals surface area contributed by atoms with E-state index >= 15 is 0 Å². The van der Waals surface area contributed by atoms with Gasteiger partial charge in [-0.2, -0.15) is 10.2 Å². The van der Waals surface area contributed by atoms with Crippen LogP contribution in [-0.2, 0) is 16.0 Å². The molecule has 4 heteroatoms. The fraction of sp³-hybridized carbons (Fsp3) is 0.188. The van der Waals surface area contributed by atoms with Gasteiger partial charge in [0, 0.05) is 6.42 Å². The first kappa shape index (κ1) is 13.9. The van der Waals surface area contributed by atoms with Crippen molar-refractivity contribution in [2.45, 2.75) is 12.8 Å². The Labute approximate surface area is 118 Å². The molecule has 0 fully saturated rings. The van der Waals surface area contributed by atoms with Crippen molar-refractivity contribution >= 4 is 17.3 Å². The smallest absolute Gasteiger partial charge is 0.305 e. The molecule has 2 aromatic rings. The second kappa shape index (κ2) is 7.19. The minimum atomic E-state index is -0.222. The average Bonchev–Trinajstić information content (AvgIpc) is 2.52. The predicted octanol–water partition coefficient (Wildman–Crippen LogP) is 4.21. The van der Waals surface area contributed by atoms with Crippen molar-refractivity contribution in [2.75, 3.05) is 7.11 Å². The highest BCUT2D eigenvalue weighted by Gasteiger charge is 2.05. The number of carbonyl (C=O) groups excluding carboxylic acids is 1. The van der Waals surface area contributed by atoms with Crippen LogP contribution >= 0.6 is 0 Å². The van der Waals surface area contributed by atoms with Gasteiger partial charge >= 0.3 is 5.97 Å². The molecule has 0 unspecified atom stereocenters. The number of methoxy groups -OCH3 is 1. The summed E-state index contributed by atoms with van der Waals surface area (Å²) in [5.74, 6) is -0.222. The standard InChI is InChI=1S/C16H16N2O2/c1-20-16(19)12-11-13-7-5-6-10-15(13)18-17-14-8-3-2-4-9-14/h2-10H,11-12H2,1H3. The Morgan fingerprint density at radius 1 is 1.00 bits per heavy atom. The zero-order valence-electron chi connectivity index (χ0n) is 11.3. The Balaban J connectivity index is 2.11. The third-order valence-electron chi connectivity index (χ3n) is 2.85. The van der Waals surface area contributed by atoms with Crippen molar-refractivity contribution in [3.05, 3.63) is 60.2 Å². The normalized spacial score (nSPS) is 10.7. The molecule has 0 bridgehead atoms. The molecule has 4 nitrogen and oxygen atoms in total. The maximum Gasteiger partial charge on any atom is 0.305 e. The van der Waals surface area contributed by atoms with Gasteiger partial charge in [-0.1, -0.05) is 36.4 Å². The van der Waals surface area contributed by atoms with Crippen LogP contribution in [0.25, 0.3) is 0 Å². The van der Waals surface area contributed by atoms with E-state index in [4.69, 9.17) is 0 Å². The highest BCUT2D eigenvalue weighted by molar-refractivity contribution is 5.69. The lowest BCUT2D eigenvalue weighted by Crippen LogP contribution is -2.01. The molecular weight excluding hydrogens is 252 g/mol. The number of nitrogens with zero attached hydrogens (tertiary/aromatic N) is 2. The van der Waals surface area contributed by atoms with E-state index in [1.54, 1.807) is 0 Å². The van der Waals surface area contributed by atoms with Crippen molar-refractivity contribution in [3.8, 4) is 0 Å². The Kier molecular flexibility index (Phi) is 5.00. The number of benzene rings is 2. The van der Waals surface area contributed by atoms with Gasteiger partial charge in [0.15, 0.2) is 0 Å². The van der Waals surface area contributed by atoms with Crippen LogP contribution in [0.4, 0.5) is 11.4 Å². The number of hydrogen-bond acceptors (Lipinski definition) is 4. The van der Waals surface area contributed by atoms with Gasteiger partial charge in [-0.15, -0.1) is 0 Å². The van der Waals surface area contributed by atoms with E-state index < -0.39 is 0 Å². The molecule has 0 aliphatic rings. The molecule has 20 heavy (non-hydrogen) atoms. The van der Waals surface area contributed by atoms with E-state index in [0.717, 1.165) is 16.9 Å².